The van der Waals surface area contributed by atoms with Crippen molar-refractivity contribution in [2.45, 2.75) is 11.8 Å². The summed E-state index contributed by atoms with van der Waals surface area (Å²) in [4.78, 5) is 13.2. The quantitative estimate of drug-likeness (QED) is 0.464. The summed E-state index contributed by atoms with van der Waals surface area (Å²) in [6.45, 7) is 1.54. The summed E-state index contributed by atoms with van der Waals surface area (Å²) >= 11 is 3.00. The van der Waals surface area contributed by atoms with Crippen molar-refractivity contribution in [1.29, 1.82) is 0 Å². The highest BCUT2D eigenvalue weighted by Crippen LogP contribution is 2.39. The molecule has 0 bridgehead atoms. The predicted molar refractivity (Wildman–Crippen MR) is 111 cm³/mol. The number of carbonyl (C=O) groups excluding carboxylic acids is 1. The van der Waals surface area contributed by atoms with E-state index < -0.39 is 9.84 Å². The molecule has 0 radical (unpaired) electrons. The summed E-state index contributed by atoms with van der Waals surface area (Å²) in [6.07, 6.45) is 0. The maximum absolute atomic E-state index is 12.6. The highest BCUT2D eigenvalue weighted by Gasteiger charge is 2.18. The van der Waals surface area contributed by atoms with Gasteiger partial charge in [0.15, 0.2) is 9.84 Å². The van der Waals surface area contributed by atoms with Crippen LogP contribution in [0.2, 0.25) is 0 Å². The molecule has 0 aliphatic carbocycles. The highest BCUT2D eigenvalue weighted by atomic mass is 32.2. The van der Waals surface area contributed by atoms with Crippen molar-refractivity contribution in [2.24, 2.45) is 0 Å². The fraction of sp³-hybridized carbons (Fsp3) is 0.105. The number of hydrogen-bond acceptors (Lipinski definition) is 6. The number of phenols is 1. The summed E-state index contributed by atoms with van der Waals surface area (Å²) in [6, 6.07) is 13.7. The molecule has 1 amide bonds. The van der Waals surface area contributed by atoms with Gasteiger partial charge in [0.05, 0.1) is 25.9 Å². The van der Waals surface area contributed by atoms with Crippen LogP contribution in [0.3, 0.4) is 0 Å². The van der Waals surface area contributed by atoms with Crippen molar-refractivity contribution >= 4 is 63.6 Å². The van der Waals surface area contributed by atoms with Gasteiger partial charge in [-0.05, 0) is 30.3 Å². The minimum absolute atomic E-state index is 0.0561. The minimum Gasteiger partial charge on any atom is -0.506 e. The number of thiophene rings is 2. The van der Waals surface area contributed by atoms with Crippen molar-refractivity contribution in [1.82, 2.24) is 0 Å². The van der Waals surface area contributed by atoms with E-state index in [1.54, 1.807) is 18.3 Å². The van der Waals surface area contributed by atoms with Crippen LogP contribution in [0, 0.1) is 0 Å². The van der Waals surface area contributed by atoms with Gasteiger partial charge in [-0.2, -0.15) is 0 Å². The molecule has 27 heavy (non-hydrogen) atoms. The number of fused-ring (bicyclic) bond motifs is 3. The monoisotopic (exact) mass is 417 g/mol. The Morgan fingerprint density at radius 1 is 1.07 bits per heavy atom. The molecule has 2 aromatic heterocycles. The maximum atomic E-state index is 12.6. The third-order valence-corrected chi connectivity index (χ3v) is 8.38. The number of aromatic hydroxyl groups is 1. The molecule has 138 valence electrons. The first-order valence-corrected chi connectivity index (χ1v) is 11.5. The number of hydrogen-bond donors (Lipinski definition) is 2. The number of phenolic OH excluding ortho intramolecular Hbond substituents is 1. The molecule has 5 nitrogen and oxygen atoms in total. The fourth-order valence-corrected chi connectivity index (χ4v) is 6.10. The molecule has 0 aliphatic heterocycles. The summed E-state index contributed by atoms with van der Waals surface area (Å²) in [5.74, 6) is -0.615. The van der Waals surface area contributed by atoms with E-state index in [2.05, 4.69) is 5.32 Å². The molecule has 0 saturated carbocycles. The van der Waals surface area contributed by atoms with Gasteiger partial charge in [0.1, 0.15) is 5.75 Å². The Morgan fingerprint density at radius 3 is 2.63 bits per heavy atom. The van der Waals surface area contributed by atoms with Gasteiger partial charge in [0, 0.05) is 14.8 Å². The van der Waals surface area contributed by atoms with Crippen LogP contribution in [-0.2, 0) is 9.84 Å². The maximum Gasteiger partial charge on any atom is 0.265 e. The molecule has 2 N–H and O–H groups in total. The average molecular weight is 418 g/mol. The van der Waals surface area contributed by atoms with Gasteiger partial charge in [0.25, 0.3) is 5.91 Å². The molecule has 0 aliphatic rings. The number of nitrogens with one attached hydrogen (secondary N) is 1. The molecule has 0 spiro atoms. The molecule has 0 saturated heterocycles. The average Bonchev–Trinajstić information content (AvgIpc) is 3.21. The molecular weight excluding hydrogens is 402 g/mol. The zero-order valence-electron chi connectivity index (χ0n) is 14.2. The molecule has 0 fully saturated rings. The lowest BCUT2D eigenvalue weighted by atomic mass is 10.2. The number of anilines is 1. The number of rotatable bonds is 4. The van der Waals surface area contributed by atoms with Crippen LogP contribution in [0.25, 0.3) is 19.5 Å². The Bertz CT molecular complexity index is 1290. The number of amides is 1. The zero-order chi connectivity index (χ0) is 19.2. The minimum atomic E-state index is -3.43. The van der Waals surface area contributed by atoms with Gasteiger partial charge in [-0.1, -0.05) is 25.1 Å². The third-order valence-electron chi connectivity index (χ3n) is 4.23. The summed E-state index contributed by atoms with van der Waals surface area (Å²) in [7, 11) is -3.43. The Balaban J connectivity index is 1.68. The second-order valence-corrected chi connectivity index (χ2v) is 10.4. The van der Waals surface area contributed by atoms with Crippen LogP contribution in [0.4, 0.5) is 5.69 Å². The molecule has 4 aromatic rings. The van der Waals surface area contributed by atoms with Crippen LogP contribution in [-0.4, -0.2) is 25.2 Å². The van der Waals surface area contributed by atoms with Gasteiger partial charge in [-0.3, -0.25) is 4.79 Å². The van der Waals surface area contributed by atoms with Crippen LogP contribution in [0.5, 0.6) is 5.75 Å². The Morgan fingerprint density at radius 2 is 1.85 bits per heavy atom. The van der Waals surface area contributed by atoms with E-state index in [0.717, 1.165) is 14.8 Å². The molecule has 8 heteroatoms. The van der Waals surface area contributed by atoms with Gasteiger partial charge < -0.3 is 10.4 Å². The van der Waals surface area contributed by atoms with Gasteiger partial charge in [-0.15, -0.1) is 22.7 Å². The SMILES string of the molecule is CCS(=O)(=O)c1ccc(O)c(NC(=O)c2cc3sc4ccccc4c3s2)c1. The van der Waals surface area contributed by atoms with Crippen LogP contribution < -0.4 is 5.32 Å². The Kier molecular flexibility index (Phi) is 4.41. The topological polar surface area (TPSA) is 83.5 Å². The van der Waals surface area contributed by atoms with Crippen LogP contribution >= 0.6 is 22.7 Å². The third kappa shape index (κ3) is 3.20. The van der Waals surface area contributed by atoms with E-state index in [0.29, 0.717) is 4.88 Å². The van der Waals surface area contributed by atoms with E-state index in [4.69, 9.17) is 0 Å². The zero-order valence-corrected chi connectivity index (χ0v) is 16.7. The molecule has 2 heterocycles. The van der Waals surface area contributed by atoms with Gasteiger partial charge >= 0.3 is 0 Å². The van der Waals surface area contributed by atoms with E-state index in [1.165, 1.54) is 34.2 Å². The van der Waals surface area contributed by atoms with Crippen LogP contribution in [0.1, 0.15) is 16.6 Å². The largest absolute Gasteiger partial charge is 0.506 e. The van der Waals surface area contributed by atoms with E-state index in [1.807, 2.05) is 30.3 Å². The standard InChI is InChI=1S/C19H15NO4S3/c1-2-27(23,24)11-7-8-14(21)13(9-11)20-19(22)17-10-16-18(26-17)12-5-3-4-6-15(12)25-16/h3-10,21H,2H2,1H3,(H,20,22). The Hall–Kier alpha value is -2.42. The van der Waals surface area contributed by atoms with Crippen LogP contribution in [0.15, 0.2) is 53.4 Å². The molecule has 4 rings (SSSR count). The Labute approximate surface area is 163 Å². The van der Waals surface area contributed by atoms with Crippen molar-refractivity contribution < 1.29 is 18.3 Å². The van der Waals surface area contributed by atoms with Crippen molar-refractivity contribution in [3.63, 3.8) is 0 Å². The van der Waals surface area contributed by atoms with Crippen molar-refractivity contribution in [3.05, 3.63) is 53.4 Å². The molecule has 0 unspecified atom stereocenters. The highest BCUT2D eigenvalue weighted by molar-refractivity contribution is 7.91. The lowest BCUT2D eigenvalue weighted by Crippen LogP contribution is -2.11. The molecule has 0 atom stereocenters. The number of sulfone groups is 1. The summed E-state index contributed by atoms with van der Waals surface area (Å²) < 4.78 is 27.3. The summed E-state index contributed by atoms with van der Waals surface area (Å²) in [5, 5.41) is 13.7. The van der Waals surface area contributed by atoms with Gasteiger partial charge in [-0.25, -0.2) is 8.42 Å². The molecule has 2 aromatic carbocycles. The lowest BCUT2D eigenvalue weighted by Gasteiger charge is -2.09. The number of carbonyl (C=O) groups is 1. The first-order valence-electron chi connectivity index (χ1n) is 8.17. The first kappa shape index (κ1) is 18.0. The van der Waals surface area contributed by atoms with Crippen molar-refractivity contribution in [2.75, 3.05) is 11.1 Å². The number of benzene rings is 2. The second-order valence-electron chi connectivity index (χ2n) is 5.94. The normalized spacial score (nSPS) is 11.9. The smallest absolute Gasteiger partial charge is 0.265 e. The predicted octanol–water partition coefficient (Wildman–Crippen LogP) is 4.87. The van der Waals surface area contributed by atoms with E-state index in [-0.39, 0.29) is 28.0 Å². The lowest BCUT2D eigenvalue weighted by molar-refractivity contribution is 0.103. The summed E-state index contributed by atoms with van der Waals surface area (Å²) in [5.41, 5.74) is 0.0798. The van der Waals surface area contributed by atoms with Crippen molar-refractivity contribution in [3.8, 4) is 5.75 Å². The molecular formula is C19H15NO4S3. The van der Waals surface area contributed by atoms with Gasteiger partial charge in [0.2, 0.25) is 0 Å². The van der Waals surface area contributed by atoms with E-state index in [9.17, 15) is 18.3 Å². The fourth-order valence-electron chi connectivity index (χ4n) is 2.77. The first-order chi connectivity index (χ1) is 12.9. The second kappa shape index (κ2) is 6.63. The van der Waals surface area contributed by atoms with E-state index >= 15 is 0 Å².